The van der Waals surface area contributed by atoms with Crippen molar-refractivity contribution in [2.24, 2.45) is 11.8 Å². The van der Waals surface area contributed by atoms with Crippen LogP contribution in [0.4, 0.5) is 0 Å². The van der Waals surface area contributed by atoms with E-state index in [9.17, 15) is 0 Å². The van der Waals surface area contributed by atoms with Crippen molar-refractivity contribution in [2.45, 2.75) is 52.9 Å². The molecule has 0 aromatic heterocycles. The van der Waals surface area contributed by atoms with Crippen LogP contribution >= 0.6 is 7.26 Å². The Bertz CT molecular complexity index is 840. The lowest BCUT2D eigenvalue weighted by Crippen LogP contribution is -2.43. The van der Waals surface area contributed by atoms with Crippen LogP contribution in [0.15, 0.2) is 91.0 Å². The summed E-state index contributed by atoms with van der Waals surface area (Å²) in [6.07, 6.45) is 2.54. The Morgan fingerprint density at radius 2 is 1.03 bits per heavy atom. The molecule has 0 N–H and O–H groups in total. The average molecular weight is 464 g/mol. The molecule has 0 fully saturated rings. The molecule has 3 aromatic rings. The maximum atomic E-state index is 6.86. The highest BCUT2D eigenvalue weighted by molar-refractivity contribution is 7.95. The van der Waals surface area contributed by atoms with Crippen molar-refractivity contribution >= 4 is 31.5 Å². The van der Waals surface area contributed by atoms with Gasteiger partial charge in [0, 0.05) is 5.92 Å². The minimum Gasteiger partial charge on any atom is -0.414 e. The van der Waals surface area contributed by atoms with Crippen LogP contribution in [-0.2, 0) is 4.43 Å². The molecule has 0 radical (unpaired) electrons. The molecule has 0 aliphatic rings. The van der Waals surface area contributed by atoms with Crippen molar-refractivity contribution in [3.63, 3.8) is 0 Å². The molecule has 0 aliphatic heterocycles. The summed E-state index contributed by atoms with van der Waals surface area (Å²) >= 11 is 0. The molecule has 3 atom stereocenters. The van der Waals surface area contributed by atoms with Crippen molar-refractivity contribution in [2.75, 3.05) is 6.16 Å². The van der Waals surface area contributed by atoms with Crippen molar-refractivity contribution < 1.29 is 4.43 Å². The summed E-state index contributed by atoms with van der Waals surface area (Å²) in [5.41, 5.74) is 0. The average Bonchev–Trinajstić information content (AvgIpc) is 2.81. The maximum Gasteiger partial charge on any atom is 0.184 e. The zero-order valence-corrected chi connectivity index (χ0v) is 22.6. The lowest BCUT2D eigenvalue weighted by Gasteiger charge is -2.37. The predicted molar refractivity (Wildman–Crippen MR) is 147 cm³/mol. The lowest BCUT2D eigenvalue weighted by molar-refractivity contribution is 0.0894. The fraction of sp³-hybridized carbons (Fsp3) is 0.379. The minimum absolute atomic E-state index is 0.280. The normalized spacial score (nSPS) is 15.2. The van der Waals surface area contributed by atoms with Crippen molar-refractivity contribution in [3.8, 4) is 0 Å². The van der Waals surface area contributed by atoms with Gasteiger partial charge in [-0.1, -0.05) is 81.8 Å². The quantitative estimate of drug-likeness (QED) is 0.235. The van der Waals surface area contributed by atoms with E-state index in [1.807, 2.05) is 0 Å². The van der Waals surface area contributed by atoms with Gasteiger partial charge in [-0.25, -0.2) is 0 Å². The van der Waals surface area contributed by atoms with Crippen molar-refractivity contribution in [1.82, 2.24) is 0 Å². The van der Waals surface area contributed by atoms with Crippen LogP contribution in [0.25, 0.3) is 0 Å². The summed E-state index contributed by atoms with van der Waals surface area (Å²) in [7, 11) is -3.51. The van der Waals surface area contributed by atoms with Gasteiger partial charge < -0.3 is 4.43 Å². The molecule has 0 heterocycles. The Morgan fingerprint density at radius 1 is 0.656 bits per heavy atom. The summed E-state index contributed by atoms with van der Waals surface area (Å²) < 4.78 is 6.86. The number of rotatable bonds is 10. The Balaban J connectivity index is 2.18. The van der Waals surface area contributed by atoms with Gasteiger partial charge in [0.25, 0.3) is 0 Å². The van der Waals surface area contributed by atoms with E-state index >= 15 is 0 Å². The number of hydrogen-bond acceptors (Lipinski definition) is 1. The first-order valence-electron chi connectivity index (χ1n) is 12.0. The zero-order chi connectivity index (χ0) is 23.2. The van der Waals surface area contributed by atoms with Crippen molar-refractivity contribution in [3.05, 3.63) is 91.0 Å². The summed E-state index contributed by atoms with van der Waals surface area (Å²) in [6, 6.07) is 33.7. The Kier molecular flexibility index (Phi) is 8.50. The monoisotopic (exact) mass is 463 g/mol. The smallest absolute Gasteiger partial charge is 0.184 e. The van der Waals surface area contributed by atoms with Gasteiger partial charge in [-0.3, -0.25) is 0 Å². The summed E-state index contributed by atoms with van der Waals surface area (Å²) in [4.78, 5) is 0. The first kappa shape index (κ1) is 24.9. The van der Waals surface area contributed by atoms with E-state index in [0.717, 1.165) is 12.6 Å². The third-order valence-electron chi connectivity index (χ3n) is 6.41. The largest absolute Gasteiger partial charge is 0.414 e. The van der Waals surface area contributed by atoms with Gasteiger partial charge in [-0.05, 0) is 62.0 Å². The Morgan fingerprint density at radius 3 is 1.34 bits per heavy atom. The van der Waals surface area contributed by atoms with E-state index in [4.69, 9.17) is 4.43 Å². The molecule has 3 heteroatoms. The second-order valence-corrected chi connectivity index (χ2v) is 18.1. The van der Waals surface area contributed by atoms with Crippen LogP contribution in [0.2, 0.25) is 19.6 Å². The Hall–Kier alpha value is -1.73. The van der Waals surface area contributed by atoms with E-state index in [2.05, 4.69) is 131 Å². The topological polar surface area (TPSA) is 9.23 Å². The molecular weight excluding hydrogens is 423 g/mol. The van der Waals surface area contributed by atoms with E-state index < -0.39 is 15.6 Å². The molecule has 0 bridgehead atoms. The van der Waals surface area contributed by atoms with E-state index in [0.29, 0.717) is 11.8 Å². The Labute approximate surface area is 197 Å². The third-order valence-corrected chi connectivity index (χ3v) is 12.1. The maximum absolute atomic E-state index is 6.86. The fourth-order valence-electron chi connectivity index (χ4n) is 4.78. The first-order chi connectivity index (χ1) is 15.3. The minimum atomic E-state index is -1.84. The van der Waals surface area contributed by atoms with Crippen LogP contribution < -0.4 is 15.9 Å². The molecule has 32 heavy (non-hydrogen) atoms. The van der Waals surface area contributed by atoms with Crippen LogP contribution in [0, 0.1) is 11.8 Å². The highest BCUT2D eigenvalue weighted by Crippen LogP contribution is 2.57. The van der Waals surface area contributed by atoms with Crippen LogP contribution in [0.1, 0.15) is 27.2 Å². The first-order valence-corrected chi connectivity index (χ1v) is 17.4. The molecule has 0 spiro atoms. The van der Waals surface area contributed by atoms with Gasteiger partial charge in [-0.2, -0.15) is 0 Å². The van der Waals surface area contributed by atoms with E-state index in [-0.39, 0.29) is 6.10 Å². The number of hydrogen-bond donors (Lipinski definition) is 0. The van der Waals surface area contributed by atoms with Crippen LogP contribution in [-0.4, -0.2) is 20.6 Å². The van der Waals surface area contributed by atoms with E-state index in [1.54, 1.807) is 0 Å². The molecule has 3 aromatic carbocycles. The highest BCUT2D eigenvalue weighted by Gasteiger charge is 2.48. The van der Waals surface area contributed by atoms with Crippen LogP contribution in [0.5, 0.6) is 0 Å². The molecule has 3 rings (SSSR count). The molecule has 0 amide bonds. The molecule has 0 aliphatic carbocycles. The number of benzene rings is 3. The lowest BCUT2D eigenvalue weighted by atomic mass is 9.93. The van der Waals surface area contributed by atoms with Crippen molar-refractivity contribution in [1.29, 1.82) is 0 Å². The van der Waals surface area contributed by atoms with Gasteiger partial charge in [0.05, 0.1) is 12.3 Å². The summed E-state index contributed by atoms with van der Waals surface area (Å²) in [5.74, 6) is 0.992. The van der Waals surface area contributed by atoms with Gasteiger partial charge >= 0.3 is 0 Å². The van der Waals surface area contributed by atoms with Gasteiger partial charge in [0.1, 0.15) is 23.2 Å². The fourth-order valence-corrected chi connectivity index (χ4v) is 10.7. The zero-order valence-electron chi connectivity index (χ0n) is 20.7. The predicted octanol–water partition coefficient (Wildman–Crippen LogP) is 6.88. The summed E-state index contributed by atoms with van der Waals surface area (Å²) in [6.45, 7) is 14.1. The second-order valence-electron chi connectivity index (χ2n) is 10.1. The molecule has 0 saturated heterocycles. The summed E-state index contributed by atoms with van der Waals surface area (Å²) in [5, 5.41) is 4.38. The standard InChI is InChI=1S/C29H40OPSi/c1-7-24(2)29(30-32(4,5)6)25(3)23-31(26-17-11-8-12-18-26,27-19-13-9-14-20-27)28-21-15-10-16-22-28/h8-22,24-25,29H,7,23H2,1-6H3/q+1/t24-,25-,29+/m0/s1. The second kappa shape index (κ2) is 10.9. The van der Waals surface area contributed by atoms with Crippen LogP contribution in [0.3, 0.4) is 0 Å². The van der Waals surface area contributed by atoms with E-state index in [1.165, 1.54) is 15.9 Å². The van der Waals surface area contributed by atoms with Gasteiger partial charge in [0.2, 0.25) is 0 Å². The molecular formula is C29H40OPSi+. The SMILES string of the molecule is CC[C@H](C)[C@@H](O[Si](C)(C)C)[C@@H](C)C[P+](c1ccccc1)(c1ccccc1)c1ccccc1. The molecule has 0 unspecified atom stereocenters. The molecule has 0 saturated carbocycles. The van der Waals surface area contributed by atoms with Gasteiger partial charge in [0.15, 0.2) is 8.32 Å². The molecule has 1 nitrogen and oxygen atoms in total. The highest BCUT2D eigenvalue weighted by atomic mass is 31.2. The molecule has 170 valence electrons. The third kappa shape index (κ3) is 5.79. The van der Waals surface area contributed by atoms with Gasteiger partial charge in [-0.15, -0.1) is 0 Å².